The monoisotopic (exact) mass is 276 g/mol. The van der Waals surface area contributed by atoms with Crippen molar-refractivity contribution in [2.45, 2.75) is 58.2 Å². The van der Waals surface area contributed by atoms with Crippen molar-refractivity contribution >= 4 is 0 Å². The molecule has 2 atom stereocenters. The summed E-state index contributed by atoms with van der Waals surface area (Å²) < 4.78 is 5.54. The van der Waals surface area contributed by atoms with Crippen molar-refractivity contribution in [2.24, 2.45) is 11.3 Å². The van der Waals surface area contributed by atoms with Gasteiger partial charge in [-0.25, -0.2) is 0 Å². The molecule has 0 bridgehead atoms. The molecule has 112 valence electrons. The van der Waals surface area contributed by atoms with Gasteiger partial charge in [0.15, 0.2) is 0 Å². The molecule has 0 radical (unpaired) electrons. The quantitative estimate of drug-likeness (QED) is 0.864. The molecule has 2 aliphatic carbocycles. The number of hydrogen-bond donors (Lipinski definition) is 1. The van der Waals surface area contributed by atoms with Crippen molar-refractivity contribution < 1.29 is 4.42 Å². The Kier molecular flexibility index (Phi) is 3.91. The number of nitrogens with one attached hydrogen (secondary N) is 1. The molecule has 3 heteroatoms. The summed E-state index contributed by atoms with van der Waals surface area (Å²) in [5, 5.41) is 3.58. The minimum atomic E-state index is 0.430. The first-order valence-corrected chi connectivity index (χ1v) is 8.04. The van der Waals surface area contributed by atoms with Crippen LogP contribution in [0.15, 0.2) is 22.8 Å². The van der Waals surface area contributed by atoms with Crippen molar-refractivity contribution in [3.8, 4) is 0 Å². The average Bonchev–Trinajstić information content (AvgIpc) is 3.05. The predicted octanol–water partition coefficient (Wildman–Crippen LogP) is 3.27. The van der Waals surface area contributed by atoms with Crippen molar-refractivity contribution in [3.05, 3.63) is 24.2 Å². The Morgan fingerprint density at radius 2 is 2.15 bits per heavy atom. The Bertz CT molecular complexity index is 422. The van der Waals surface area contributed by atoms with Crippen LogP contribution in [0, 0.1) is 11.3 Å². The molecule has 0 aromatic carbocycles. The van der Waals surface area contributed by atoms with Crippen LogP contribution in [0.4, 0.5) is 0 Å². The van der Waals surface area contributed by atoms with E-state index in [4.69, 9.17) is 4.42 Å². The van der Waals surface area contributed by atoms with Gasteiger partial charge in [0.1, 0.15) is 5.76 Å². The normalized spacial score (nSPS) is 29.2. The van der Waals surface area contributed by atoms with E-state index in [1.165, 1.54) is 32.2 Å². The molecule has 1 N–H and O–H groups in total. The fraction of sp³-hybridized carbons (Fsp3) is 0.765. The maximum Gasteiger partial charge on any atom is 0.117 e. The summed E-state index contributed by atoms with van der Waals surface area (Å²) in [7, 11) is 2.12. The highest BCUT2D eigenvalue weighted by Gasteiger charge is 2.42. The fourth-order valence-corrected chi connectivity index (χ4v) is 4.03. The van der Waals surface area contributed by atoms with E-state index >= 15 is 0 Å². The minimum absolute atomic E-state index is 0.430. The fourth-order valence-electron chi connectivity index (χ4n) is 4.03. The smallest absolute Gasteiger partial charge is 0.117 e. The third-order valence-electron chi connectivity index (χ3n) is 5.26. The zero-order chi connectivity index (χ0) is 14.2. The standard InChI is InChI=1S/C17H28N2O/c1-17(2)9-8-13(16(17)18-3)11-19(14-6-7-14)12-15-5-4-10-20-15/h4-5,10,13-14,16,18H,6-9,11-12H2,1-3H3. The molecule has 20 heavy (non-hydrogen) atoms. The lowest BCUT2D eigenvalue weighted by atomic mass is 9.85. The summed E-state index contributed by atoms with van der Waals surface area (Å²) >= 11 is 0. The van der Waals surface area contributed by atoms with Crippen LogP contribution in [0.25, 0.3) is 0 Å². The highest BCUT2D eigenvalue weighted by atomic mass is 16.3. The Labute approximate surface area is 122 Å². The molecule has 2 saturated carbocycles. The highest BCUT2D eigenvalue weighted by molar-refractivity contribution is 5.02. The van der Waals surface area contributed by atoms with E-state index in [0.29, 0.717) is 11.5 Å². The second-order valence-corrected chi connectivity index (χ2v) is 7.29. The van der Waals surface area contributed by atoms with Crippen LogP contribution < -0.4 is 5.32 Å². The molecule has 2 aliphatic rings. The van der Waals surface area contributed by atoms with E-state index in [-0.39, 0.29) is 0 Å². The first kappa shape index (κ1) is 14.2. The Hall–Kier alpha value is -0.800. The van der Waals surface area contributed by atoms with E-state index in [1.54, 1.807) is 6.26 Å². The number of furan rings is 1. The van der Waals surface area contributed by atoms with Gasteiger partial charge in [-0.05, 0) is 56.2 Å². The molecule has 0 spiro atoms. The summed E-state index contributed by atoms with van der Waals surface area (Å²) in [6, 6.07) is 5.53. The van der Waals surface area contributed by atoms with Crippen molar-refractivity contribution in [1.29, 1.82) is 0 Å². The lowest BCUT2D eigenvalue weighted by Gasteiger charge is -2.33. The summed E-state index contributed by atoms with van der Waals surface area (Å²) in [5.41, 5.74) is 0.430. The second-order valence-electron chi connectivity index (χ2n) is 7.29. The average molecular weight is 276 g/mol. The van der Waals surface area contributed by atoms with E-state index in [2.05, 4.69) is 37.2 Å². The van der Waals surface area contributed by atoms with Crippen molar-refractivity contribution in [3.63, 3.8) is 0 Å². The molecule has 1 aromatic rings. The Balaban J connectivity index is 1.64. The zero-order valence-electron chi connectivity index (χ0n) is 13.1. The topological polar surface area (TPSA) is 28.4 Å². The molecule has 0 saturated heterocycles. The first-order valence-electron chi connectivity index (χ1n) is 8.04. The zero-order valence-corrected chi connectivity index (χ0v) is 13.1. The van der Waals surface area contributed by atoms with E-state index in [0.717, 1.165) is 24.3 Å². The van der Waals surface area contributed by atoms with Gasteiger partial charge in [-0.2, -0.15) is 0 Å². The second kappa shape index (κ2) is 5.53. The van der Waals surface area contributed by atoms with Crippen LogP contribution in [0.1, 0.15) is 45.3 Å². The first-order chi connectivity index (χ1) is 9.60. The summed E-state index contributed by atoms with van der Waals surface area (Å²) in [6.07, 6.45) is 7.19. The highest BCUT2D eigenvalue weighted by Crippen LogP contribution is 2.42. The number of rotatable bonds is 6. The molecule has 2 unspecified atom stereocenters. The molecule has 3 rings (SSSR count). The molecule has 0 amide bonds. The van der Waals surface area contributed by atoms with Gasteiger partial charge in [-0.1, -0.05) is 13.8 Å². The van der Waals surface area contributed by atoms with Crippen molar-refractivity contribution in [1.82, 2.24) is 10.2 Å². The van der Waals surface area contributed by atoms with Crippen LogP contribution in [0.3, 0.4) is 0 Å². The minimum Gasteiger partial charge on any atom is -0.468 e. The largest absolute Gasteiger partial charge is 0.468 e. The summed E-state index contributed by atoms with van der Waals surface area (Å²) in [6.45, 7) is 7.00. The van der Waals surface area contributed by atoms with Gasteiger partial charge in [-0.3, -0.25) is 4.90 Å². The summed E-state index contributed by atoms with van der Waals surface area (Å²) in [4.78, 5) is 2.65. The van der Waals surface area contributed by atoms with Gasteiger partial charge in [0, 0.05) is 18.6 Å². The SMILES string of the molecule is CNC1C(CN(Cc2ccco2)C2CC2)CCC1(C)C. The number of nitrogens with zero attached hydrogens (tertiary/aromatic N) is 1. The van der Waals surface area contributed by atoms with E-state index in [9.17, 15) is 0 Å². The lowest BCUT2D eigenvalue weighted by molar-refractivity contribution is 0.167. The van der Waals surface area contributed by atoms with Gasteiger partial charge in [-0.15, -0.1) is 0 Å². The van der Waals surface area contributed by atoms with Crippen LogP contribution in [-0.4, -0.2) is 30.6 Å². The maximum atomic E-state index is 5.54. The Morgan fingerprint density at radius 1 is 1.35 bits per heavy atom. The van der Waals surface area contributed by atoms with Gasteiger partial charge >= 0.3 is 0 Å². The summed E-state index contributed by atoms with van der Waals surface area (Å²) in [5.74, 6) is 1.88. The molecule has 0 aliphatic heterocycles. The van der Waals surface area contributed by atoms with Crippen LogP contribution in [-0.2, 0) is 6.54 Å². The third-order valence-corrected chi connectivity index (χ3v) is 5.26. The van der Waals surface area contributed by atoms with Crippen LogP contribution in [0.2, 0.25) is 0 Å². The molecular weight excluding hydrogens is 248 g/mol. The lowest BCUT2D eigenvalue weighted by Crippen LogP contribution is -2.44. The predicted molar refractivity (Wildman–Crippen MR) is 81.5 cm³/mol. The van der Waals surface area contributed by atoms with Crippen LogP contribution >= 0.6 is 0 Å². The van der Waals surface area contributed by atoms with Gasteiger partial charge in [0.05, 0.1) is 12.8 Å². The molecule has 2 fully saturated rings. The van der Waals surface area contributed by atoms with Crippen molar-refractivity contribution in [2.75, 3.05) is 13.6 Å². The molecule has 1 heterocycles. The number of hydrogen-bond acceptors (Lipinski definition) is 3. The third kappa shape index (κ3) is 2.94. The van der Waals surface area contributed by atoms with Gasteiger partial charge in [0.25, 0.3) is 0 Å². The van der Waals surface area contributed by atoms with Gasteiger partial charge in [0.2, 0.25) is 0 Å². The van der Waals surface area contributed by atoms with Gasteiger partial charge < -0.3 is 9.73 Å². The molecule has 3 nitrogen and oxygen atoms in total. The molecular formula is C17H28N2O. The van der Waals surface area contributed by atoms with E-state index in [1.807, 2.05) is 6.07 Å². The van der Waals surface area contributed by atoms with E-state index < -0.39 is 0 Å². The van der Waals surface area contributed by atoms with Crippen LogP contribution in [0.5, 0.6) is 0 Å². The molecule has 1 aromatic heterocycles. The maximum absolute atomic E-state index is 5.54. The Morgan fingerprint density at radius 3 is 2.75 bits per heavy atom.